The topological polar surface area (TPSA) is 141 Å². The summed E-state index contributed by atoms with van der Waals surface area (Å²) < 4.78 is 0. The van der Waals surface area contributed by atoms with Gasteiger partial charge in [-0.1, -0.05) is 0 Å². The van der Waals surface area contributed by atoms with E-state index in [1.165, 1.54) is 0 Å². The maximum Gasteiger partial charge on any atom is 0.182 e. The van der Waals surface area contributed by atoms with E-state index in [9.17, 15) is 10.1 Å². The quantitative estimate of drug-likeness (QED) is 0.281. The molecule has 0 aromatic carbocycles. The summed E-state index contributed by atoms with van der Waals surface area (Å²) in [6.07, 6.45) is 1.12. The third-order valence-electron chi connectivity index (χ3n) is 0.764. The Morgan fingerprint density at radius 2 is 2.55 bits per heavy atom. The molecule has 64 valence electrons. The van der Waals surface area contributed by atoms with Crippen molar-refractivity contribution < 1.29 is 9.87 Å². The zero-order valence-corrected chi connectivity index (χ0v) is 5.48. The SMILES string of the molecule is N.NC1=CONN1N[N+](=O)[O-]. The van der Waals surface area contributed by atoms with Crippen molar-refractivity contribution in [1.82, 2.24) is 22.4 Å². The molecule has 1 rings (SSSR count). The monoisotopic (exact) mass is 164 g/mol. The third-order valence-corrected chi connectivity index (χ3v) is 0.764. The van der Waals surface area contributed by atoms with E-state index in [1.807, 2.05) is 0 Å². The summed E-state index contributed by atoms with van der Waals surface area (Å²) in [5, 5.41) is 9.82. The highest BCUT2D eigenvalue weighted by Crippen LogP contribution is 1.95. The molecular weight excluding hydrogens is 156 g/mol. The van der Waals surface area contributed by atoms with Crippen LogP contribution in [0, 0.1) is 10.1 Å². The fourth-order valence-corrected chi connectivity index (χ4v) is 0.405. The average Bonchev–Trinajstić information content (AvgIpc) is 2.15. The van der Waals surface area contributed by atoms with Gasteiger partial charge >= 0.3 is 0 Å². The van der Waals surface area contributed by atoms with E-state index in [1.54, 1.807) is 5.53 Å². The smallest absolute Gasteiger partial charge is 0.182 e. The minimum atomic E-state index is -0.775. The van der Waals surface area contributed by atoms with E-state index < -0.39 is 5.03 Å². The molecule has 0 aromatic heterocycles. The summed E-state index contributed by atoms with van der Waals surface area (Å²) in [6.45, 7) is 0. The second kappa shape index (κ2) is 3.43. The summed E-state index contributed by atoms with van der Waals surface area (Å²) in [7, 11) is 0. The fourth-order valence-electron chi connectivity index (χ4n) is 0.405. The largest absolute Gasteiger partial charge is 0.391 e. The fraction of sp³-hybridized carbons (Fsp3) is 0. The molecule has 1 aliphatic rings. The number of nitrogens with two attached hydrogens (primary N) is 1. The Morgan fingerprint density at radius 3 is 2.91 bits per heavy atom. The van der Waals surface area contributed by atoms with Crippen molar-refractivity contribution in [3.63, 3.8) is 0 Å². The third kappa shape index (κ3) is 2.15. The van der Waals surface area contributed by atoms with Gasteiger partial charge in [-0.15, -0.1) is 5.12 Å². The van der Waals surface area contributed by atoms with Crippen molar-refractivity contribution in [3.05, 3.63) is 22.2 Å². The molecular formula is C2H8N6O3. The molecule has 0 unspecified atom stereocenters. The van der Waals surface area contributed by atoms with Crippen LogP contribution >= 0.6 is 0 Å². The molecule has 0 aliphatic carbocycles. The first kappa shape index (κ1) is 9.26. The van der Waals surface area contributed by atoms with Gasteiger partial charge in [0, 0.05) is 0 Å². The Kier molecular flexibility index (Phi) is 2.89. The first-order valence-corrected chi connectivity index (χ1v) is 2.28. The minimum absolute atomic E-state index is 0. The second-order valence-electron chi connectivity index (χ2n) is 1.44. The normalized spacial score (nSPS) is 14.5. The van der Waals surface area contributed by atoms with Crippen molar-refractivity contribution in [2.75, 3.05) is 0 Å². The van der Waals surface area contributed by atoms with Gasteiger partial charge in [-0.05, 0) is 11.1 Å². The first-order valence-electron chi connectivity index (χ1n) is 2.28. The van der Waals surface area contributed by atoms with Crippen molar-refractivity contribution in [2.45, 2.75) is 0 Å². The maximum atomic E-state index is 9.78. The Morgan fingerprint density at radius 1 is 1.91 bits per heavy atom. The zero-order chi connectivity index (χ0) is 7.56. The van der Waals surface area contributed by atoms with E-state index >= 15 is 0 Å². The number of hydrogen-bond donors (Lipinski definition) is 4. The molecule has 11 heavy (non-hydrogen) atoms. The summed E-state index contributed by atoms with van der Waals surface area (Å²) in [5.41, 5.74) is 8.98. The molecule has 0 spiro atoms. The van der Waals surface area contributed by atoms with Crippen LogP contribution in [0.2, 0.25) is 0 Å². The summed E-state index contributed by atoms with van der Waals surface area (Å²) in [4.78, 5) is 14.2. The molecule has 0 radical (unpaired) electrons. The molecule has 9 heteroatoms. The van der Waals surface area contributed by atoms with Crippen LogP contribution in [-0.4, -0.2) is 10.2 Å². The van der Waals surface area contributed by atoms with Gasteiger partial charge in [0.1, 0.15) is 0 Å². The number of hydrazine groups is 3. The Hall–Kier alpha value is -1.74. The molecule has 0 saturated heterocycles. The molecule has 0 aromatic rings. The van der Waals surface area contributed by atoms with Crippen molar-refractivity contribution in [1.29, 1.82) is 0 Å². The molecule has 0 amide bonds. The van der Waals surface area contributed by atoms with Crippen molar-refractivity contribution in [3.8, 4) is 0 Å². The van der Waals surface area contributed by atoms with Gasteiger partial charge in [-0.2, -0.15) is 0 Å². The van der Waals surface area contributed by atoms with Crippen molar-refractivity contribution >= 4 is 0 Å². The van der Waals surface area contributed by atoms with Gasteiger partial charge in [0.15, 0.2) is 17.1 Å². The zero-order valence-electron chi connectivity index (χ0n) is 5.48. The second-order valence-corrected chi connectivity index (χ2v) is 1.44. The highest BCUT2D eigenvalue weighted by atomic mass is 16.7. The molecule has 1 heterocycles. The molecule has 7 N–H and O–H groups in total. The Labute approximate surface area is 61.4 Å². The van der Waals surface area contributed by atoms with E-state index in [-0.39, 0.29) is 12.0 Å². The van der Waals surface area contributed by atoms with Gasteiger partial charge in [-0.3, -0.25) is 0 Å². The van der Waals surface area contributed by atoms with Crippen LogP contribution in [0.4, 0.5) is 0 Å². The summed E-state index contributed by atoms with van der Waals surface area (Å²) in [6, 6.07) is 0. The highest BCUT2D eigenvalue weighted by molar-refractivity contribution is 4.88. The predicted octanol–water partition coefficient (Wildman–Crippen LogP) is -1.65. The van der Waals surface area contributed by atoms with E-state index in [2.05, 4.69) is 10.4 Å². The summed E-state index contributed by atoms with van der Waals surface area (Å²) in [5.74, 6) is 0.0803. The van der Waals surface area contributed by atoms with E-state index in [0.717, 1.165) is 11.4 Å². The first-order chi connectivity index (χ1) is 4.70. The minimum Gasteiger partial charge on any atom is -0.391 e. The maximum absolute atomic E-state index is 9.78. The van der Waals surface area contributed by atoms with Crippen LogP contribution in [0.5, 0.6) is 0 Å². The summed E-state index contributed by atoms with van der Waals surface area (Å²) >= 11 is 0. The molecule has 1 aliphatic heterocycles. The number of nitrogens with one attached hydrogen (secondary N) is 2. The number of rotatable bonds is 2. The highest BCUT2D eigenvalue weighted by Gasteiger charge is 2.16. The van der Waals surface area contributed by atoms with Gasteiger partial charge < -0.3 is 16.7 Å². The molecule has 0 saturated carbocycles. The van der Waals surface area contributed by atoms with E-state index in [4.69, 9.17) is 5.73 Å². The van der Waals surface area contributed by atoms with Crippen LogP contribution in [0.15, 0.2) is 12.1 Å². The lowest BCUT2D eigenvalue weighted by Crippen LogP contribution is -2.47. The average molecular weight is 164 g/mol. The molecule has 0 fully saturated rings. The van der Waals surface area contributed by atoms with Gasteiger partial charge in [-0.25, -0.2) is 10.1 Å². The predicted molar refractivity (Wildman–Crippen MR) is 33.5 cm³/mol. The van der Waals surface area contributed by atoms with Crippen molar-refractivity contribution in [2.24, 2.45) is 5.73 Å². The molecule has 0 bridgehead atoms. The Bertz CT molecular complexity index is 179. The number of nitro groups is 1. The van der Waals surface area contributed by atoms with Gasteiger partial charge in [0.25, 0.3) is 0 Å². The van der Waals surface area contributed by atoms with Crippen LogP contribution in [0.3, 0.4) is 0 Å². The van der Waals surface area contributed by atoms with Gasteiger partial charge in [0.05, 0.1) is 0 Å². The number of nitrogens with zero attached hydrogens (tertiary/aromatic N) is 2. The molecule has 0 atom stereocenters. The lowest BCUT2D eigenvalue weighted by atomic mass is 10.8. The van der Waals surface area contributed by atoms with Crippen LogP contribution in [0.25, 0.3) is 0 Å². The van der Waals surface area contributed by atoms with Crippen LogP contribution in [0.1, 0.15) is 0 Å². The van der Waals surface area contributed by atoms with E-state index in [0.29, 0.717) is 0 Å². The van der Waals surface area contributed by atoms with Gasteiger partial charge in [0.2, 0.25) is 0 Å². The van der Waals surface area contributed by atoms with Crippen LogP contribution < -0.4 is 23.0 Å². The standard InChI is InChI=1S/C2H5N5O3.H3N/c3-2-1-10-5-6(2)4-7(8)9;/h1,4-5H,3H2;1H3. The molecule has 9 nitrogen and oxygen atoms in total. The van der Waals surface area contributed by atoms with Crippen LogP contribution in [-0.2, 0) is 4.84 Å². The number of hydrogen-bond acceptors (Lipinski definition) is 7. The lowest BCUT2D eigenvalue weighted by Gasteiger charge is -2.10. The lowest BCUT2D eigenvalue weighted by molar-refractivity contribution is -0.581. The Balaban J connectivity index is 0.000001000.